The van der Waals surface area contributed by atoms with Crippen LogP contribution < -0.4 is 10.1 Å². The monoisotopic (exact) mass is 409 g/mol. The average molecular weight is 409 g/mol. The zero-order valence-corrected chi connectivity index (χ0v) is 16.6. The molecule has 2 amide bonds. The molecule has 1 aromatic heterocycles. The number of ether oxygens (including phenoxy) is 1. The second-order valence-electron chi connectivity index (χ2n) is 6.74. The quantitative estimate of drug-likeness (QED) is 0.791. The first-order valence-corrected chi connectivity index (χ1v) is 8.75. The Bertz CT molecular complexity index is 890. The van der Waals surface area contributed by atoms with Crippen LogP contribution in [0.5, 0.6) is 5.88 Å². The van der Waals surface area contributed by atoms with Crippen LogP contribution in [0.25, 0.3) is 0 Å². The lowest BCUT2D eigenvalue weighted by Crippen LogP contribution is -2.35. The standard InChI is InChI=1S/C20H22F3N3O3/c1-12-8-13(2)17(14(3)9-12)25-16(27)10-26(4)19(28)15-6-5-7-24-18(15)29-11-20(21,22)23/h5-9H,10-11H2,1-4H3,(H,25,27). The van der Waals surface area contributed by atoms with E-state index in [4.69, 9.17) is 0 Å². The molecule has 0 saturated heterocycles. The minimum atomic E-state index is -4.56. The van der Waals surface area contributed by atoms with Gasteiger partial charge in [-0.05, 0) is 44.0 Å². The van der Waals surface area contributed by atoms with E-state index in [9.17, 15) is 22.8 Å². The van der Waals surface area contributed by atoms with E-state index in [0.29, 0.717) is 5.69 Å². The summed E-state index contributed by atoms with van der Waals surface area (Å²) in [7, 11) is 1.37. The third-order valence-electron chi connectivity index (χ3n) is 4.04. The molecule has 2 aromatic rings. The van der Waals surface area contributed by atoms with E-state index in [1.165, 1.54) is 25.4 Å². The maximum atomic E-state index is 12.6. The van der Waals surface area contributed by atoms with Gasteiger partial charge >= 0.3 is 6.18 Å². The number of aryl methyl sites for hydroxylation is 3. The van der Waals surface area contributed by atoms with E-state index in [-0.39, 0.29) is 12.1 Å². The maximum Gasteiger partial charge on any atom is 0.422 e. The first kappa shape index (κ1) is 22.2. The zero-order valence-electron chi connectivity index (χ0n) is 16.6. The lowest BCUT2D eigenvalue weighted by Gasteiger charge is -2.19. The van der Waals surface area contributed by atoms with Crippen LogP contribution in [0.2, 0.25) is 0 Å². The number of hydrogen-bond donors (Lipinski definition) is 1. The Balaban J connectivity index is 2.09. The van der Waals surface area contributed by atoms with E-state index in [0.717, 1.165) is 21.6 Å². The molecule has 1 N–H and O–H groups in total. The fraction of sp³-hybridized carbons (Fsp3) is 0.350. The minimum absolute atomic E-state index is 0.158. The molecule has 0 spiro atoms. The largest absolute Gasteiger partial charge is 0.467 e. The van der Waals surface area contributed by atoms with Gasteiger partial charge in [0, 0.05) is 18.9 Å². The summed E-state index contributed by atoms with van der Waals surface area (Å²) in [6.45, 7) is 3.82. The Labute approximate surface area is 166 Å². The van der Waals surface area contributed by atoms with Gasteiger partial charge < -0.3 is 15.0 Å². The van der Waals surface area contributed by atoms with Gasteiger partial charge in [-0.2, -0.15) is 13.2 Å². The molecule has 1 aromatic carbocycles. The van der Waals surface area contributed by atoms with Crippen LogP contribution in [0.15, 0.2) is 30.5 Å². The molecule has 29 heavy (non-hydrogen) atoms. The lowest BCUT2D eigenvalue weighted by atomic mass is 10.1. The number of alkyl halides is 3. The number of nitrogens with zero attached hydrogens (tertiary/aromatic N) is 2. The number of carbonyl (C=O) groups excluding carboxylic acids is 2. The van der Waals surface area contributed by atoms with Crippen molar-refractivity contribution in [1.82, 2.24) is 9.88 Å². The number of rotatable bonds is 6. The van der Waals surface area contributed by atoms with Gasteiger partial charge in [0.15, 0.2) is 6.61 Å². The van der Waals surface area contributed by atoms with Gasteiger partial charge in [-0.1, -0.05) is 17.7 Å². The molecule has 0 radical (unpaired) electrons. The molecule has 0 atom stereocenters. The molecular weight excluding hydrogens is 387 g/mol. The van der Waals surface area contributed by atoms with Gasteiger partial charge in [-0.15, -0.1) is 0 Å². The molecule has 0 aliphatic rings. The average Bonchev–Trinajstić information content (AvgIpc) is 2.62. The van der Waals surface area contributed by atoms with Crippen molar-refractivity contribution in [1.29, 1.82) is 0 Å². The Hall–Kier alpha value is -3.10. The van der Waals surface area contributed by atoms with Crippen molar-refractivity contribution >= 4 is 17.5 Å². The van der Waals surface area contributed by atoms with Crippen molar-refractivity contribution in [3.8, 4) is 5.88 Å². The van der Waals surface area contributed by atoms with Gasteiger partial charge in [-0.25, -0.2) is 4.98 Å². The van der Waals surface area contributed by atoms with Crippen molar-refractivity contribution in [3.05, 3.63) is 52.7 Å². The lowest BCUT2D eigenvalue weighted by molar-refractivity contribution is -0.154. The van der Waals surface area contributed by atoms with E-state index < -0.39 is 30.5 Å². The molecule has 2 rings (SSSR count). The molecule has 0 fully saturated rings. The van der Waals surface area contributed by atoms with Crippen LogP contribution in [0.4, 0.5) is 18.9 Å². The molecule has 0 saturated carbocycles. The highest BCUT2D eigenvalue weighted by atomic mass is 19.4. The van der Waals surface area contributed by atoms with Crippen molar-refractivity contribution in [2.75, 3.05) is 25.5 Å². The SMILES string of the molecule is Cc1cc(C)c(NC(=O)CN(C)C(=O)c2cccnc2OCC(F)(F)F)c(C)c1. The summed E-state index contributed by atoms with van der Waals surface area (Å²) in [4.78, 5) is 29.8. The minimum Gasteiger partial charge on any atom is -0.467 e. The fourth-order valence-electron chi connectivity index (χ4n) is 2.87. The summed E-state index contributed by atoms with van der Waals surface area (Å²) in [5.41, 5.74) is 3.35. The molecular formula is C20H22F3N3O3. The number of anilines is 1. The highest BCUT2D eigenvalue weighted by Gasteiger charge is 2.30. The number of nitrogens with one attached hydrogen (secondary N) is 1. The van der Waals surface area contributed by atoms with Gasteiger partial charge in [0.1, 0.15) is 5.56 Å². The van der Waals surface area contributed by atoms with Crippen molar-refractivity contribution < 1.29 is 27.5 Å². The number of aromatic nitrogens is 1. The first-order valence-electron chi connectivity index (χ1n) is 8.75. The summed E-state index contributed by atoms with van der Waals surface area (Å²) >= 11 is 0. The van der Waals surface area contributed by atoms with Gasteiger partial charge in [0.25, 0.3) is 5.91 Å². The molecule has 156 valence electrons. The van der Waals surface area contributed by atoms with Crippen molar-refractivity contribution in [3.63, 3.8) is 0 Å². The maximum absolute atomic E-state index is 12.6. The van der Waals surface area contributed by atoms with Crippen LogP contribution in [-0.2, 0) is 4.79 Å². The van der Waals surface area contributed by atoms with E-state index in [1.807, 2.05) is 32.9 Å². The van der Waals surface area contributed by atoms with Crippen LogP contribution >= 0.6 is 0 Å². The highest BCUT2D eigenvalue weighted by Crippen LogP contribution is 2.23. The molecule has 0 unspecified atom stereocenters. The Morgan fingerprint density at radius 3 is 2.38 bits per heavy atom. The van der Waals surface area contributed by atoms with Crippen LogP contribution in [0, 0.1) is 20.8 Å². The number of hydrogen-bond acceptors (Lipinski definition) is 4. The summed E-state index contributed by atoms with van der Waals surface area (Å²) in [6.07, 6.45) is -3.34. The second-order valence-corrected chi connectivity index (χ2v) is 6.74. The first-order chi connectivity index (χ1) is 13.5. The third-order valence-corrected chi connectivity index (χ3v) is 4.04. The van der Waals surface area contributed by atoms with Crippen LogP contribution in [0.3, 0.4) is 0 Å². The molecule has 0 aliphatic heterocycles. The van der Waals surface area contributed by atoms with Crippen molar-refractivity contribution in [2.45, 2.75) is 26.9 Å². The molecule has 9 heteroatoms. The van der Waals surface area contributed by atoms with Gasteiger partial charge in [0.2, 0.25) is 11.8 Å². The van der Waals surface area contributed by atoms with Gasteiger partial charge in [-0.3, -0.25) is 9.59 Å². The summed E-state index contributed by atoms with van der Waals surface area (Å²) in [6, 6.07) is 6.55. The second kappa shape index (κ2) is 8.93. The van der Waals surface area contributed by atoms with Crippen molar-refractivity contribution in [2.24, 2.45) is 0 Å². The van der Waals surface area contributed by atoms with Gasteiger partial charge in [0.05, 0.1) is 6.54 Å². The Morgan fingerprint density at radius 1 is 1.17 bits per heavy atom. The number of pyridine rings is 1. The predicted molar refractivity (Wildman–Crippen MR) is 102 cm³/mol. The normalized spacial score (nSPS) is 11.1. The van der Waals surface area contributed by atoms with Crippen LogP contribution in [-0.4, -0.2) is 48.1 Å². The van der Waals surface area contributed by atoms with E-state index in [1.54, 1.807) is 0 Å². The topological polar surface area (TPSA) is 71.5 Å². The highest BCUT2D eigenvalue weighted by molar-refractivity contribution is 6.00. The summed E-state index contributed by atoms with van der Waals surface area (Å²) in [5, 5.41) is 2.77. The molecule has 0 aliphatic carbocycles. The number of benzene rings is 1. The summed E-state index contributed by atoms with van der Waals surface area (Å²) < 4.78 is 41.8. The number of likely N-dealkylation sites (N-methyl/N-ethyl adjacent to an activating group) is 1. The number of halogens is 3. The third kappa shape index (κ3) is 6.20. The van der Waals surface area contributed by atoms with E-state index in [2.05, 4.69) is 15.0 Å². The smallest absolute Gasteiger partial charge is 0.422 e. The molecule has 1 heterocycles. The molecule has 6 nitrogen and oxygen atoms in total. The van der Waals surface area contributed by atoms with Crippen LogP contribution in [0.1, 0.15) is 27.0 Å². The molecule has 0 bridgehead atoms. The summed E-state index contributed by atoms with van der Waals surface area (Å²) in [5.74, 6) is -1.55. The zero-order chi connectivity index (χ0) is 21.8. The fourth-order valence-corrected chi connectivity index (χ4v) is 2.87. The number of amides is 2. The number of carbonyl (C=O) groups is 2. The predicted octanol–water partition coefficient (Wildman–Crippen LogP) is 3.66. The Morgan fingerprint density at radius 2 is 1.79 bits per heavy atom. The van der Waals surface area contributed by atoms with E-state index >= 15 is 0 Å². The Kier molecular flexibility index (Phi) is 6.84.